The summed E-state index contributed by atoms with van der Waals surface area (Å²) in [4.78, 5) is 12.1. The summed E-state index contributed by atoms with van der Waals surface area (Å²) in [6.45, 7) is 2.60. The van der Waals surface area contributed by atoms with Gasteiger partial charge in [-0.1, -0.05) is 6.07 Å². The summed E-state index contributed by atoms with van der Waals surface area (Å²) < 4.78 is 16.9. The third-order valence-corrected chi connectivity index (χ3v) is 4.74. The minimum atomic E-state index is 0.0251. The SMILES string of the molecule is COc1ccc(CNC(=O)CC2COCCN2)cc1OC1CCCC1. The Labute approximate surface area is 149 Å². The molecule has 1 amide bonds. The molecular formula is C19H28N2O4. The first kappa shape index (κ1) is 18.0. The lowest BCUT2D eigenvalue weighted by Crippen LogP contribution is -2.44. The molecule has 6 nitrogen and oxygen atoms in total. The number of methoxy groups -OCH3 is 1. The van der Waals surface area contributed by atoms with Crippen LogP contribution in [0.1, 0.15) is 37.7 Å². The van der Waals surface area contributed by atoms with E-state index in [2.05, 4.69) is 10.6 Å². The van der Waals surface area contributed by atoms with Crippen LogP contribution in [0.2, 0.25) is 0 Å². The molecule has 0 bridgehead atoms. The van der Waals surface area contributed by atoms with Crippen LogP contribution in [0, 0.1) is 0 Å². The minimum absolute atomic E-state index is 0.0251. The van der Waals surface area contributed by atoms with Gasteiger partial charge < -0.3 is 24.8 Å². The molecule has 1 aliphatic carbocycles. The summed E-state index contributed by atoms with van der Waals surface area (Å²) in [6, 6.07) is 5.94. The number of nitrogens with one attached hydrogen (secondary N) is 2. The van der Waals surface area contributed by atoms with Crippen molar-refractivity contribution in [1.82, 2.24) is 10.6 Å². The van der Waals surface area contributed by atoms with Crippen molar-refractivity contribution in [2.75, 3.05) is 26.9 Å². The van der Waals surface area contributed by atoms with Gasteiger partial charge >= 0.3 is 0 Å². The standard InChI is InChI=1S/C19H28N2O4/c1-23-17-7-6-14(10-18(17)25-16-4-2-3-5-16)12-21-19(22)11-15-13-24-9-8-20-15/h6-7,10,15-16,20H,2-5,8-9,11-13H2,1H3,(H,21,22). The van der Waals surface area contributed by atoms with Gasteiger partial charge in [0.1, 0.15) is 0 Å². The summed E-state index contributed by atoms with van der Waals surface area (Å²) in [5.41, 5.74) is 1.01. The van der Waals surface area contributed by atoms with Gasteiger partial charge in [-0.05, 0) is 43.4 Å². The highest BCUT2D eigenvalue weighted by Crippen LogP contribution is 2.32. The van der Waals surface area contributed by atoms with Crippen LogP contribution < -0.4 is 20.1 Å². The topological polar surface area (TPSA) is 68.8 Å². The van der Waals surface area contributed by atoms with E-state index in [1.54, 1.807) is 7.11 Å². The quantitative estimate of drug-likeness (QED) is 0.789. The zero-order chi connectivity index (χ0) is 17.5. The summed E-state index contributed by atoms with van der Waals surface area (Å²) in [5, 5.41) is 6.26. The van der Waals surface area contributed by atoms with Gasteiger partial charge in [0.2, 0.25) is 5.91 Å². The highest BCUT2D eigenvalue weighted by molar-refractivity contribution is 5.76. The highest BCUT2D eigenvalue weighted by atomic mass is 16.5. The average Bonchev–Trinajstić information content (AvgIpc) is 3.14. The van der Waals surface area contributed by atoms with Crippen molar-refractivity contribution in [3.05, 3.63) is 23.8 Å². The van der Waals surface area contributed by atoms with Gasteiger partial charge in [-0.15, -0.1) is 0 Å². The second-order valence-corrected chi connectivity index (χ2v) is 6.72. The summed E-state index contributed by atoms with van der Waals surface area (Å²) in [5.74, 6) is 1.53. The number of hydrogen-bond donors (Lipinski definition) is 2. The monoisotopic (exact) mass is 348 g/mol. The van der Waals surface area contributed by atoms with Crippen LogP contribution in [0.25, 0.3) is 0 Å². The van der Waals surface area contributed by atoms with Crippen LogP contribution >= 0.6 is 0 Å². The lowest BCUT2D eigenvalue weighted by Gasteiger charge is -2.23. The van der Waals surface area contributed by atoms with Crippen molar-refractivity contribution in [3.8, 4) is 11.5 Å². The van der Waals surface area contributed by atoms with Crippen molar-refractivity contribution in [3.63, 3.8) is 0 Å². The van der Waals surface area contributed by atoms with Crippen molar-refractivity contribution in [2.24, 2.45) is 0 Å². The van der Waals surface area contributed by atoms with Crippen molar-refractivity contribution in [2.45, 2.75) is 50.8 Å². The second-order valence-electron chi connectivity index (χ2n) is 6.72. The molecule has 1 atom stereocenters. The molecule has 1 aliphatic heterocycles. The number of morpholine rings is 1. The molecule has 2 N–H and O–H groups in total. The van der Waals surface area contributed by atoms with E-state index in [-0.39, 0.29) is 18.1 Å². The second kappa shape index (κ2) is 9.06. The van der Waals surface area contributed by atoms with E-state index in [0.717, 1.165) is 36.4 Å². The fourth-order valence-corrected chi connectivity index (χ4v) is 3.36. The Morgan fingerprint density at radius 2 is 2.16 bits per heavy atom. The van der Waals surface area contributed by atoms with Crippen molar-refractivity contribution >= 4 is 5.91 Å². The van der Waals surface area contributed by atoms with Crippen LogP contribution in [-0.4, -0.2) is 44.9 Å². The maximum atomic E-state index is 12.1. The molecular weight excluding hydrogens is 320 g/mol. The van der Waals surface area contributed by atoms with E-state index < -0.39 is 0 Å². The predicted molar refractivity (Wildman–Crippen MR) is 95.0 cm³/mol. The van der Waals surface area contributed by atoms with E-state index in [0.29, 0.717) is 26.2 Å². The van der Waals surface area contributed by atoms with Crippen LogP contribution in [0.3, 0.4) is 0 Å². The molecule has 1 aromatic carbocycles. The van der Waals surface area contributed by atoms with E-state index in [9.17, 15) is 4.79 Å². The molecule has 6 heteroatoms. The lowest BCUT2D eigenvalue weighted by atomic mass is 10.1. The number of ether oxygens (including phenoxy) is 3. The fourth-order valence-electron chi connectivity index (χ4n) is 3.36. The van der Waals surface area contributed by atoms with Gasteiger partial charge in [0.25, 0.3) is 0 Å². The maximum absolute atomic E-state index is 12.1. The zero-order valence-electron chi connectivity index (χ0n) is 14.9. The number of benzene rings is 1. The molecule has 2 fully saturated rings. The van der Waals surface area contributed by atoms with Gasteiger partial charge in [0.15, 0.2) is 11.5 Å². The Bertz CT molecular complexity index is 567. The first-order valence-corrected chi connectivity index (χ1v) is 9.16. The molecule has 25 heavy (non-hydrogen) atoms. The summed E-state index contributed by atoms with van der Waals surface area (Å²) >= 11 is 0. The molecule has 0 aromatic heterocycles. The highest BCUT2D eigenvalue weighted by Gasteiger charge is 2.19. The Balaban J connectivity index is 1.53. The largest absolute Gasteiger partial charge is 0.493 e. The smallest absolute Gasteiger partial charge is 0.221 e. The van der Waals surface area contributed by atoms with Crippen LogP contribution in [0.5, 0.6) is 11.5 Å². The van der Waals surface area contributed by atoms with E-state index in [4.69, 9.17) is 14.2 Å². The molecule has 3 rings (SSSR count). The molecule has 1 saturated carbocycles. The van der Waals surface area contributed by atoms with Gasteiger partial charge in [-0.3, -0.25) is 4.79 Å². The Kier molecular flexibility index (Phi) is 6.53. The van der Waals surface area contributed by atoms with Crippen LogP contribution in [0.4, 0.5) is 0 Å². The fraction of sp³-hybridized carbons (Fsp3) is 0.632. The Morgan fingerprint density at radius 3 is 2.88 bits per heavy atom. The first-order chi connectivity index (χ1) is 12.2. The Hall–Kier alpha value is -1.79. The molecule has 1 heterocycles. The number of carbonyl (C=O) groups is 1. The van der Waals surface area contributed by atoms with Crippen LogP contribution in [-0.2, 0) is 16.1 Å². The van der Waals surface area contributed by atoms with E-state index in [1.807, 2.05) is 18.2 Å². The van der Waals surface area contributed by atoms with Gasteiger partial charge in [0.05, 0.1) is 26.4 Å². The van der Waals surface area contributed by atoms with Crippen LogP contribution in [0.15, 0.2) is 18.2 Å². The number of amides is 1. The maximum Gasteiger partial charge on any atom is 0.221 e. The molecule has 0 spiro atoms. The van der Waals surface area contributed by atoms with Gasteiger partial charge in [-0.2, -0.15) is 0 Å². The first-order valence-electron chi connectivity index (χ1n) is 9.16. The third kappa shape index (κ3) is 5.34. The molecule has 1 aromatic rings. The Morgan fingerprint density at radius 1 is 1.32 bits per heavy atom. The molecule has 0 radical (unpaired) electrons. The van der Waals surface area contributed by atoms with Gasteiger partial charge in [0, 0.05) is 25.6 Å². The lowest BCUT2D eigenvalue weighted by molar-refractivity contribution is -0.122. The molecule has 138 valence electrons. The molecule has 1 saturated heterocycles. The predicted octanol–water partition coefficient (Wildman–Crippen LogP) is 2.01. The number of rotatable bonds is 7. The average molecular weight is 348 g/mol. The van der Waals surface area contributed by atoms with Crippen molar-refractivity contribution in [1.29, 1.82) is 0 Å². The minimum Gasteiger partial charge on any atom is -0.493 e. The number of carbonyl (C=O) groups excluding carboxylic acids is 1. The van der Waals surface area contributed by atoms with Crippen molar-refractivity contribution < 1.29 is 19.0 Å². The summed E-state index contributed by atoms with van der Waals surface area (Å²) in [6.07, 6.45) is 5.35. The summed E-state index contributed by atoms with van der Waals surface area (Å²) in [7, 11) is 1.65. The van der Waals surface area contributed by atoms with E-state index >= 15 is 0 Å². The van der Waals surface area contributed by atoms with Gasteiger partial charge in [-0.25, -0.2) is 0 Å². The molecule has 1 unspecified atom stereocenters. The third-order valence-electron chi connectivity index (χ3n) is 4.74. The molecule has 2 aliphatic rings. The number of hydrogen-bond acceptors (Lipinski definition) is 5. The normalized spacial score (nSPS) is 21.1. The zero-order valence-corrected chi connectivity index (χ0v) is 14.9. The van der Waals surface area contributed by atoms with E-state index in [1.165, 1.54) is 12.8 Å².